The van der Waals surface area contributed by atoms with Crippen molar-refractivity contribution in [1.82, 2.24) is 15.6 Å². The SMILES string of the molecule is C=[Si](C)C[C@@H](NC(=O)OC(C)(C)C)C(=O)NC(Cc1cccnc1)C(=O)O. The molecule has 9 heteroatoms. The minimum Gasteiger partial charge on any atom is -0.480 e. The van der Waals surface area contributed by atoms with Gasteiger partial charge in [-0.05, 0) is 38.4 Å². The van der Waals surface area contributed by atoms with Crippen molar-refractivity contribution in [2.45, 2.75) is 57.5 Å². The van der Waals surface area contributed by atoms with Crippen LogP contribution < -0.4 is 10.6 Å². The average molecular weight is 394 g/mol. The maximum atomic E-state index is 12.6. The summed E-state index contributed by atoms with van der Waals surface area (Å²) in [6.07, 6.45) is 6.41. The Bertz CT molecular complexity index is 688. The van der Waals surface area contributed by atoms with Crippen LogP contribution in [-0.2, 0) is 20.7 Å². The smallest absolute Gasteiger partial charge is 0.408 e. The van der Waals surface area contributed by atoms with Crippen molar-refractivity contribution in [3.05, 3.63) is 30.1 Å². The molecule has 0 spiro atoms. The van der Waals surface area contributed by atoms with Crippen molar-refractivity contribution in [2.75, 3.05) is 0 Å². The van der Waals surface area contributed by atoms with E-state index in [1.807, 2.05) is 6.55 Å². The zero-order valence-electron chi connectivity index (χ0n) is 16.1. The van der Waals surface area contributed by atoms with Crippen molar-refractivity contribution >= 4 is 32.6 Å². The quantitative estimate of drug-likeness (QED) is 0.572. The lowest BCUT2D eigenvalue weighted by atomic mass is 10.1. The summed E-state index contributed by atoms with van der Waals surface area (Å²) in [6.45, 7) is 7.04. The number of aliphatic carboxylic acids is 1. The van der Waals surface area contributed by atoms with Crippen LogP contribution in [0.15, 0.2) is 24.5 Å². The molecule has 1 heterocycles. The van der Waals surface area contributed by atoms with Gasteiger partial charge in [-0.3, -0.25) is 9.78 Å². The Balaban J connectivity index is 2.84. The van der Waals surface area contributed by atoms with E-state index >= 15 is 0 Å². The van der Waals surface area contributed by atoms with Crippen molar-refractivity contribution in [2.24, 2.45) is 0 Å². The van der Waals surface area contributed by atoms with Crippen LogP contribution in [0.3, 0.4) is 0 Å². The predicted molar refractivity (Wildman–Crippen MR) is 104 cm³/mol. The Labute approximate surface area is 160 Å². The van der Waals surface area contributed by atoms with E-state index in [0.29, 0.717) is 11.6 Å². The lowest BCUT2D eigenvalue weighted by Gasteiger charge is -2.24. The fourth-order valence-corrected chi connectivity index (χ4v) is 3.22. The number of rotatable bonds is 8. The molecule has 1 aromatic rings. The Morgan fingerprint density at radius 3 is 2.44 bits per heavy atom. The summed E-state index contributed by atoms with van der Waals surface area (Å²) >= 11 is 0. The van der Waals surface area contributed by atoms with E-state index < -0.39 is 44.1 Å². The molecule has 0 fully saturated rings. The Morgan fingerprint density at radius 2 is 1.96 bits per heavy atom. The van der Waals surface area contributed by atoms with Crippen LogP contribution in [-0.4, -0.2) is 60.3 Å². The van der Waals surface area contributed by atoms with Crippen LogP contribution in [0, 0.1) is 0 Å². The van der Waals surface area contributed by atoms with Gasteiger partial charge >= 0.3 is 12.1 Å². The van der Waals surface area contributed by atoms with E-state index in [2.05, 4.69) is 21.8 Å². The van der Waals surface area contributed by atoms with E-state index in [9.17, 15) is 19.5 Å². The van der Waals surface area contributed by atoms with E-state index in [4.69, 9.17) is 4.74 Å². The monoisotopic (exact) mass is 393 g/mol. The first-order valence-electron chi connectivity index (χ1n) is 8.54. The number of nitrogens with zero attached hydrogens (tertiary/aromatic N) is 1. The number of hydrogen-bond donors (Lipinski definition) is 3. The fraction of sp³-hybridized carbons (Fsp3) is 0.500. The van der Waals surface area contributed by atoms with Gasteiger partial charge in [-0.1, -0.05) is 12.6 Å². The summed E-state index contributed by atoms with van der Waals surface area (Å²) in [7, 11) is -1.12. The van der Waals surface area contributed by atoms with Gasteiger partial charge in [0.05, 0.1) is 0 Å². The molecule has 0 radical (unpaired) electrons. The number of aromatic nitrogens is 1. The topological polar surface area (TPSA) is 118 Å². The molecule has 1 unspecified atom stereocenters. The molecule has 148 valence electrons. The second-order valence-electron chi connectivity index (χ2n) is 7.32. The summed E-state index contributed by atoms with van der Waals surface area (Å²) in [6, 6.07) is 1.72. The summed E-state index contributed by atoms with van der Waals surface area (Å²) in [5.74, 6) is -1.75. The number of ether oxygens (including phenoxy) is 1. The van der Waals surface area contributed by atoms with E-state index in [1.165, 1.54) is 0 Å². The molecule has 0 aliphatic carbocycles. The van der Waals surface area contributed by atoms with E-state index in [1.54, 1.807) is 45.3 Å². The van der Waals surface area contributed by atoms with Gasteiger partial charge in [0.1, 0.15) is 17.7 Å². The number of hydrogen-bond acceptors (Lipinski definition) is 5. The summed E-state index contributed by atoms with van der Waals surface area (Å²) in [4.78, 5) is 40.1. The first kappa shape index (κ1) is 22.5. The van der Waals surface area contributed by atoms with Crippen molar-refractivity contribution in [3.63, 3.8) is 0 Å². The van der Waals surface area contributed by atoms with Gasteiger partial charge in [0.25, 0.3) is 0 Å². The minimum absolute atomic E-state index is 0.0857. The van der Waals surface area contributed by atoms with Crippen LogP contribution in [0.1, 0.15) is 26.3 Å². The molecule has 0 bridgehead atoms. The summed E-state index contributed by atoms with van der Waals surface area (Å²) in [5.41, 5.74) is -0.0290. The number of carboxylic acids is 1. The van der Waals surface area contributed by atoms with E-state index in [-0.39, 0.29) is 6.42 Å². The Kier molecular flexibility index (Phi) is 8.29. The molecule has 1 aromatic heterocycles. The van der Waals surface area contributed by atoms with Crippen molar-refractivity contribution in [1.29, 1.82) is 0 Å². The molecule has 1 rings (SSSR count). The molecule has 0 saturated carbocycles. The molecule has 0 aromatic carbocycles. The van der Waals surface area contributed by atoms with Crippen LogP contribution in [0.4, 0.5) is 4.79 Å². The highest BCUT2D eigenvalue weighted by molar-refractivity contribution is 6.61. The first-order chi connectivity index (χ1) is 12.5. The highest BCUT2D eigenvalue weighted by atomic mass is 28.2. The first-order valence-corrected chi connectivity index (χ1v) is 11.0. The highest BCUT2D eigenvalue weighted by Gasteiger charge is 2.28. The number of carboxylic acid groups (broad SMARTS) is 1. The van der Waals surface area contributed by atoms with Crippen LogP contribution in [0.25, 0.3) is 0 Å². The maximum Gasteiger partial charge on any atom is 0.408 e. The zero-order valence-corrected chi connectivity index (χ0v) is 17.1. The van der Waals surface area contributed by atoms with Gasteiger partial charge in [-0.25, -0.2) is 9.59 Å². The molecule has 27 heavy (non-hydrogen) atoms. The number of nitrogens with one attached hydrogen (secondary N) is 2. The lowest BCUT2D eigenvalue weighted by Crippen LogP contribution is -2.53. The second kappa shape index (κ2) is 9.96. The number of amides is 2. The third-order valence-corrected chi connectivity index (χ3v) is 4.44. The average Bonchev–Trinajstić information content (AvgIpc) is 2.52. The van der Waals surface area contributed by atoms with Gasteiger partial charge in [-0.2, -0.15) is 0 Å². The van der Waals surface area contributed by atoms with Gasteiger partial charge < -0.3 is 20.5 Å². The Morgan fingerprint density at radius 1 is 1.30 bits per heavy atom. The van der Waals surface area contributed by atoms with E-state index in [0.717, 1.165) is 0 Å². The largest absolute Gasteiger partial charge is 0.480 e. The molecular formula is C18H27N3O5Si. The second-order valence-corrected chi connectivity index (χ2v) is 9.65. The summed E-state index contributed by atoms with van der Waals surface area (Å²) < 4.78 is 5.18. The molecule has 3 N–H and O–H groups in total. The normalized spacial score (nSPS) is 13.2. The molecule has 2 amide bonds. The molecule has 0 saturated heterocycles. The molecule has 2 atom stereocenters. The number of alkyl carbamates (subject to hydrolysis) is 1. The molecule has 8 nitrogen and oxygen atoms in total. The molecular weight excluding hydrogens is 366 g/mol. The highest BCUT2D eigenvalue weighted by Crippen LogP contribution is 2.08. The minimum atomic E-state index is -1.17. The van der Waals surface area contributed by atoms with Gasteiger partial charge in [0.2, 0.25) is 5.91 Å². The standard InChI is InChI=1S/C18H27N3O5Si/c1-18(2,3)26-17(25)21-14(11-27(4)5)15(22)20-13(16(23)24)9-12-7-6-8-19-10-12/h6-8,10,13-14H,4,9,11H2,1-3,5H3,(H,20,22)(H,21,25)(H,23,24)/t13?,14-/m1/s1. The third kappa shape index (κ3) is 9.09. The molecule has 0 aliphatic rings. The van der Waals surface area contributed by atoms with Gasteiger partial charge in [0.15, 0.2) is 0 Å². The van der Waals surface area contributed by atoms with Gasteiger partial charge in [0, 0.05) is 27.2 Å². The van der Waals surface area contributed by atoms with Crippen LogP contribution >= 0.6 is 0 Å². The van der Waals surface area contributed by atoms with Crippen LogP contribution in [0.5, 0.6) is 0 Å². The Hall–Kier alpha value is -2.55. The van der Waals surface area contributed by atoms with Crippen molar-refractivity contribution in [3.8, 4) is 0 Å². The van der Waals surface area contributed by atoms with Crippen molar-refractivity contribution < 1.29 is 24.2 Å². The third-order valence-electron chi connectivity index (χ3n) is 3.34. The van der Waals surface area contributed by atoms with Crippen LogP contribution in [0.2, 0.25) is 12.6 Å². The lowest BCUT2D eigenvalue weighted by molar-refractivity contribution is -0.142. The predicted octanol–water partition coefficient (Wildman–Crippen LogP) is 1.23. The number of carbonyl (C=O) groups excluding carboxylic acids is 2. The van der Waals surface area contributed by atoms with Gasteiger partial charge in [-0.15, -0.1) is 6.17 Å². The summed E-state index contributed by atoms with van der Waals surface area (Å²) in [5, 5.41) is 14.4. The zero-order chi connectivity index (χ0) is 20.6. The number of pyridine rings is 1. The number of carbonyl (C=O) groups is 3. The fourth-order valence-electron chi connectivity index (χ4n) is 2.23. The molecule has 0 aliphatic heterocycles. The maximum absolute atomic E-state index is 12.6.